The van der Waals surface area contributed by atoms with Gasteiger partial charge < -0.3 is 5.32 Å². The predicted octanol–water partition coefficient (Wildman–Crippen LogP) is 4.72. The lowest BCUT2D eigenvalue weighted by atomic mass is 10.2. The van der Waals surface area contributed by atoms with Crippen molar-refractivity contribution in [1.82, 2.24) is 15.0 Å². The molecule has 0 aliphatic rings. The summed E-state index contributed by atoms with van der Waals surface area (Å²) < 4.78 is 0. The highest BCUT2D eigenvalue weighted by molar-refractivity contribution is 6.36. The molecule has 3 aromatic rings. The monoisotopic (exact) mass is 374 g/mol. The third-order valence-electron chi connectivity index (χ3n) is 3.27. The molecule has 3 rings (SSSR count). The summed E-state index contributed by atoms with van der Waals surface area (Å²) in [5.74, 6) is 1.12. The van der Waals surface area contributed by atoms with E-state index in [1.54, 1.807) is 30.6 Å². The third kappa shape index (κ3) is 4.49. The molecule has 0 amide bonds. The van der Waals surface area contributed by atoms with Crippen molar-refractivity contribution in [2.45, 2.75) is 6.92 Å². The molecule has 128 valence electrons. The molecule has 3 N–H and O–H groups in total. The summed E-state index contributed by atoms with van der Waals surface area (Å²) in [6, 6.07) is 10.8. The Morgan fingerprint density at radius 2 is 1.92 bits per heavy atom. The number of aromatic nitrogens is 3. The smallest absolute Gasteiger partial charge is 0.225 e. The van der Waals surface area contributed by atoms with Gasteiger partial charge in [0.25, 0.3) is 0 Å². The Bertz CT molecular complexity index is 857. The molecule has 0 saturated heterocycles. The number of benzene rings is 1. The molecule has 0 spiro atoms. The second kappa shape index (κ2) is 8.00. The molecule has 25 heavy (non-hydrogen) atoms. The molecule has 1 aromatic carbocycles. The van der Waals surface area contributed by atoms with Crippen LogP contribution < -0.4 is 16.2 Å². The molecule has 0 aliphatic carbocycles. The van der Waals surface area contributed by atoms with Gasteiger partial charge in [0.05, 0.1) is 16.4 Å². The Hall–Kier alpha value is -2.57. The van der Waals surface area contributed by atoms with Crippen LogP contribution in [0.1, 0.15) is 6.92 Å². The lowest BCUT2D eigenvalue weighted by molar-refractivity contribution is 1.08. The summed E-state index contributed by atoms with van der Waals surface area (Å²) in [5, 5.41) is 4.20. The molecule has 0 saturated carbocycles. The van der Waals surface area contributed by atoms with Crippen LogP contribution in [-0.2, 0) is 0 Å². The van der Waals surface area contributed by atoms with E-state index in [1.165, 1.54) is 0 Å². The number of hydrazine groups is 1. The number of halogens is 2. The number of hydrogen-bond donors (Lipinski definition) is 3. The van der Waals surface area contributed by atoms with Crippen molar-refractivity contribution in [1.29, 1.82) is 0 Å². The van der Waals surface area contributed by atoms with Crippen LogP contribution in [-0.4, -0.2) is 21.5 Å². The second-order valence-corrected chi connectivity index (χ2v) is 5.95. The van der Waals surface area contributed by atoms with Crippen LogP contribution in [0.25, 0.3) is 11.3 Å². The zero-order valence-corrected chi connectivity index (χ0v) is 14.9. The molecule has 0 radical (unpaired) electrons. The highest BCUT2D eigenvalue weighted by Crippen LogP contribution is 2.26. The lowest BCUT2D eigenvalue weighted by Crippen LogP contribution is -2.12. The predicted molar refractivity (Wildman–Crippen MR) is 103 cm³/mol. The largest absolute Gasteiger partial charge is 0.354 e. The topological polar surface area (TPSA) is 74.8 Å². The number of nitrogens with one attached hydrogen (secondary N) is 3. The SMILES string of the molecule is CCNc1nc(NNc2ccc(Cl)cc2Cl)cc(-c2cccnc2)n1. The minimum atomic E-state index is 0.508. The van der Waals surface area contributed by atoms with Crippen LogP contribution in [0, 0.1) is 0 Å². The summed E-state index contributed by atoms with van der Waals surface area (Å²) in [4.78, 5) is 13.1. The zero-order valence-electron chi connectivity index (χ0n) is 13.4. The summed E-state index contributed by atoms with van der Waals surface area (Å²) in [7, 11) is 0. The first kappa shape index (κ1) is 17.3. The highest BCUT2D eigenvalue weighted by atomic mass is 35.5. The maximum atomic E-state index is 6.16. The summed E-state index contributed by atoms with van der Waals surface area (Å²) in [5.41, 5.74) is 8.42. The lowest BCUT2D eigenvalue weighted by Gasteiger charge is -2.13. The first-order valence-corrected chi connectivity index (χ1v) is 8.41. The van der Waals surface area contributed by atoms with E-state index < -0.39 is 0 Å². The van der Waals surface area contributed by atoms with Crippen molar-refractivity contribution in [2.24, 2.45) is 0 Å². The van der Waals surface area contributed by atoms with Gasteiger partial charge in [-0.15, -0.1) is 0 Å². The Labute approximate surface area is 155 Å². The molecular formula is C17H16Cl2N6. The van der Waals surface area contributed by atoms with E-state index in [4.69, 9.17) is 23.2 Å². The average Bonchev–Trinajstić information content (AvgIpc) is 2.62. The first-order chi connectivity index (χ1) is 12.2. The fraction of sp³-hybridized carbons (Fsp3) is 0.118. The summed E-state index contributed by atoms with van der Waals surface area (Å²) in [6.45, 7) is 2.70. The number of anilines is 3. The van der Waals surface area contributed by atoms with E-state index in [9.17, 15) is 0 Å². The van der Waals surface area contributed by atoms with E-state index >= 15 is 0 Å². The Morgan fingerprint density at radius 1 is 1.04 bits per heavy atom. The zero-order chi connectivity index (χ0) is 17.6. The minimum Gasteiger partial charge on any atom is -0.354 e. The van der Waals surface area contributed by atoms with Gasteiger partial charge in [-0.1, -0.05) is 23.2 Å². The maximum absolute atomic E-state index is 6.16. The molecule has 6 nitrogen and oxygen atoms in total. The van der Waals surface area contributed by atoms with Gasteiger partial charge in [0, 0.05) is 35.6 Å². The van der Waals surface area contributed by atoms with Gasteiger partial charge in [0.2, 0.25) is 5.95 Å². The van der Waals surface area contributed by atoms with Crippen LogP contribution >= 0.6 is 23.2 Å². The quantitative estimate of drug-likeness (QED) is 0.542. The van der Waals surface area contributed by atoms with Crippen LogP contribution in [0.15, 0.2) is 48.8 Å². The average molecular weight is 375 g/mol. The van der Waals surface area contributed by atoms with Crippen LogP contribution in [0.4, 0.5) is 17.5 Å². The molecule has 8 heteroatoms. The molecule has 0 fully saturated rings. The number of hydrogen-bond acceptors (Lipinski definition) is 6. The normalized spacial score (nSPS) is 10.4. The van der Waals surface area contributed by atoms with Crippen molar-refractivity contribution < 1.29 is 0 Å². The van der Waals surface area contributed by atoms with E-state index in [0.717, 1.165) is 11.3 Å². The Balaban J connectivity index is 1.86. The van der Waals surface area contributed by atoms with Gasteiger partial charge >= 0.3 is 0 Å². The van der Waals surface area contributed by atoms with Crippen LogP contribution in [0.3, 0.4) is 0 Å². The molecular weight excluding hydrogens is 359 g/mol. The van der Waals surface area contributed by atoms with Gasteiger partial charge in [-0.05, 0) is 37.3 Å². The molecule has 2 aromatic heterocycles. The van der Waals surface area contributed by atoms with E-state index in [1.807, 2.05) is 25.1 Å². The number of nitrogens with zero attached hydrogens (tertiary/aromatic N) is 3. The van der Waals surface area contributed by atoms with Crippen molar-refractivity contribution in [3.63, 3.8) is 0 Å². The third-order valence-corrected chi connectivity index (χ3v) is 3.82. The summed E-state index contributed by atoms with van der Waals surface area (Å²) >= 11 is 12.1. The van der Waals surface area contributed by atoms with Crippen molar-refractivity contribution >= 4 is 40.7 Å². The second-order valence-electron chi connectivity index (χ2n) is 5.11. The Morgan fingerprint density at radius 3 is 2.64 bits per heavy atom. The fourth-order valence-electron chi connectivity index (χ4n) is 2.13. The van der Waals surface area contributed by atoms with Gasteiger partial charge in [-0.3, -0.25) is 15.8 Å². The van der Waals surface area contributed by atoms with Gasteiger partial charge in [-0.2, -0.15) is 4.98 Å². The van der Waals surface area contributed by atoms with Crippen LogP contribution in [0.5, 0.6) is 0 Å². The molecule has 0 aliphatic heterocycles. The van der Waals surface area contributed by atoms with Gasteiger partial charge in [-0.25, -0.2) is 4.98 Å². The molecule has 0 bridgehead atoms. The van der Waals surface area contributed by atoms with Gasteiger partial charge in [0.1, 0.15) is 0 Å². The number of rotatable bonds is 6. The van der Waals surface area contributed by atoms with E-state index in [2.05, 4.69) is 31.1 Å². The molecule has 0 atom stereocenters. The van der Waals surface area contributed by atoms with Crippen molar-refractivity contribution in [3.05, 3.63) is 58.8 Å². The fourth-order valence-corrected chi connectivity index (χ4v) is 2.59. The van der Waals surface area contributed by atoms with Crippen molar-refractivity contribution in [2.75, 3.05) is 22.7 Å². The Kier molecular flexibility index (Phi) is 5.53. The first-order valence-electron chi connectivity index (χ1n) is 7.66. The standard InChI is InChI=1S/C17H16Cl2N6/c1-2-21-17-22-15(11-4-3-7-20-10-11)9-16(23-17)25-24-14-6-5-12(18)8-13(14)19/h3-10,24H,2H2,1H3,(H2,21,22,23,25). The highest BCUT2D eigenvalue weighted by Gasteiger charge is 2.07. The molecule has 0 unspecified atom stereocenters. The number of pyridine rings is 1. The summed E-state index contributed by atoms with van der Waals surface area (Å²) in [6.07, 6.45) is 3.48. The minimum absolute atomic E-state index is 0.508. The maximum Gasteiger partial charge on any atom is 0.225 e. The van der Waals surface area contributed by atoms with Gasteiger partial charge in [0.15, 0.2) is 5.82 Å². The van der Waals surface area contributed by atoms with Crippen LogP contribution in [0.2, 0.25) is 10.0 Å². The van der Waals surface area contributed by atoms with Crippen molar-refractivity contribution in [3.8, 4) is 11.3 Å². The molecule has 2 heterocycles. The van der Waals surface area contributed by atoms with E-state index in [0.29, 0.717) is 34.0 Å². The van der Waals surface area contributed by atoms with E-state index in [-0.39, 0.29) is 0 Å².